The van der Waals surface area contributed by atoms with Crippen molar-refractivity contribution in [1.29, 1.82) is 0 Å². The number of benzene rings is 1. The maximum Gasteiger partial charge on any atom is 0.390 e. The standard InChI is InChI=1S/C14H16F3NO/c1-9(7-14(15,16)17)18-8-12-10(2)19-13-6-4-3-5-11(12)13/h3-6,9,18H,7-8H2,1-2H3. The first-order valence-electron chi connectivity index (χ1n) is 6.14. The predicted octanol–water partition coefficient (Wildman–Crippen LogP) is 4.17. The summed E-state index contributed by atoms with van der Waals surface area (Å²) in [5.74, 6) is 0.743. The minimum absolute atomic E-state index is 0.375. The molecule has 0 aliphatic heterocycles. The van der Waals surface area contributed by atoms with Crippen LogP contribution < -0.4 is 5.32 Å². The number of hydrogen-bond donors (Lipinski definition) is 1. The van der Waals surface area contributed by atoms with Crippen molar-refractivity contribution in [3.63, 3.8) is 0 Å². The quantitative estimate of drug-likeness (QED) is 0.902. The van der Waals surface area contributed by atoms with Crippen molar-refractivity contribution in [1.82, 2.24) is 5.32 Å². The highest BCUT2D eigenvalue weighted by atomic mass is 19.4. The number of halogens is 3. The van der Waals surface area contributed by atoms with Crippen LogP contribution in [0.5, 0.6) is 0 Å². The highest BCUT2D eigenvalue weighted by molar-refractivity contribution is 5.82. The maximum atomic E-state index is 12.2. The van der Waals surface area contributed by atoms with Gasteiger partial charge in [0, 0.05) is 23.5 Å². The molecule has 0 radical (unpaired) electrons. The Morgan fingerprint density at radius 3 is 2.63 bits per heavy atom. The molecule has 0 spiro atoms. The van der Waals surface area contributed by atoms with E-state index in [1.54, 1.807) is 0 Å². The summed E-state index contributed by atoms with van der Waals surface area (Å²) in [6, 6.07) is 6.91. The first-order valence-corrected chi connectivity index (χ1v) is 6.14. The number of aryl methyl sites for hydroxylation is 1. The zero-order chi connectivity index (χ0) is 14.0. The maximum absolute atomic E-state index is 12.2. The normalized spacial score (nSPS) is 13.9. The average molecular weight is 271 g/mol. The van der Waals surface area contributed by atoms with Crippen molar-refractivity contribution < 1.29 is 17.6 Å². The van der Waals surface area contributed by atoms with E-state index in [4.69, 9.17) is 4.42 Å². The lowest BCUT2D eigenvalue weighted by molar-refractivity contribution is -0.139. The third-order valence-electron chi connectivity index (χ3n) is 3.07. The van der Waals surface area contributed by atoms with Crippen molar-refractivity contribution in [3.05, 3.63) is 35.6 Å². The van der Waals surface area contributed by atoms with E-state index < -0.39 is 18.6 Å². The molecule has 1 aromatic heterocycles. The zero-order valence-corrected chi connectivity index (χ0v) is 10.8. The lowest BCUT2D eigenvalue weighted by Crippen LogP contribution is -2.30. The van der Waals surface area contributed by atoms with Gasteiger partial charge in [-0.25, -0.2) is 0 Å². The predicted molar refractivity (Wildman–Crippen MR) is 67.9 cm³/mol. The van der Waals surface area contributed by atoms with E-state index in [0.29, 0.717) is 6.54 Å². The molecule has 5 heteroatoms. The molecule has 0 aliphatic rings. The lowest BCUT2D eigenvalue weighted by atomic mass is 10.1. The summed E-state index contributed by atoms with van der Waals surface area (Å²) in [5.41, 5.74) is 1.69. The molecular weight excluding hydrogens is 255 g/mol. The Balaban J connectivity index is 2.08. The van der Waals surface area contributed by atoms with Gasteiger partial charge in [0.2, 0.25) is 0 Å². The second-order valence-electron chi connectivity index (χ2n) is 4.73. The highest BCUT2D eigenvalue weighted by Gasteiger charge is 2.29. The smallest absolute Gasteiger partial charge is 0.390 e. The van der Waals surface area contributed by atoms with Crippen LogP contribution in [0.25, 0.3) is 11.0 Å². The number of nitrogens with one attached hydrogen (secondary N) is 1. The van der Waals surface area contributed by atoms with Crippen LogP contribution >= 0.6 is 0 Å². The van der Waals surface area contributed by atoms with Gasteiger partial charge in [0.15, 0.2) is 0 Å². The third kappa shape index (κ3) is 3.50. The molecule has 2 aromatic rings. The Morgan fingerprint density at radius 2 is 1.95 bits per heavy atom. The largest absolute Gasteiger partial charge is 0.461 e. The van der Waals surface area contributed by atoms with E-state index >= 15 is 0 Å². The molecule has 1 aromatic carbocycles. The van der Waals surface area contributed by atoms with Gasteiger partial charge in [-0.15, -0.1) is 0 Å². The molecule has 1 heterocycles. The summed E-state index contributed by atoms with van der Waals surface area (Å²) in [7, 11) is 0. The van der Waals surface area contributed by atoms with Gasteiger partial charge >= 0.3 is 6.18 Å². The van der Waals surface area contributed by atoms with Crippen LogP contribution in [0.3, 0.4) is 0 Å². The van der Waals surface area contributed by atoms with Crippen molar-refractivity contribution >= 4 is 11.0 Å². The number of rotatable bonds is 4. The van der Waals surface area contributed by atoms with Crippen molar-refractivity contribution in [2.24, 2.45) is 0 Å². The fourth-order valence-corrected chi connectivity index (χ4v) is 2.14. The van der Waals surface area contributed by atoms with Crippen LogP contribution in [0.15, 0.2) is 28.7 Å². The van der Waals surface area contributed by atoms with Gasteiger partial charge in [0.25, 0.3) is 0 Å². The van der Waals surface area contributed by atoms with E-state index in [9.17, 15) is 13.2 Å². The average Bonchev–Trinajstić information content (AvgIpc) is 2.60. The third-order valence-corrected chi connectivity index (χ3v) is 3.07. The summed E-state index contributed by atoms with van der Waals surface area (Å²) < 4.78 is 42.3. The molecule has 0 aliphatic carbocycles. The molecule has 0 amide bonds. The molecule has 0 saturated carbocycles. The molecule has 1 unspecified atom stereocenters. The Morgan fingerprint density at radius 1 is 1.26 bits per heavy atom. The molecule has 0 fully saturated rings. The molecule has 0 bridgehead atoms. The van der Waals surface area contributed by atoms with Gasteiger partial charge in [-0.1, -0.05) is 18.2 Å². The summed E-state index contributed by atoms with van der Waals surface area (Å²) >= 11 is 0. The van der Waals surface area contributed by atoms with Crippen molar-refractivity contribution in [3.8, 4) is 0 Å². The van der Waals surface area contributed by atoms with Gasteiger partial charge in [0.05, 0.1) is 6.42 Å². The van der Waals surface area contributed by atoms with Crippen LogP contribution in [-0.2, 0) is 6.54 Å². The van der Waals surface area contributed by atoms with E-state index in [0.717, 1.165) is 22.3 Å². The summed E-state index contributed by atoms with van der Waals surface area (Å²) in [4.78, 5) is 0. The molecule has 19 heavy (non-hydrogen) atoms. The summed E-state index contributed by atoms with van der Waals surface area (Å²) in [5, 5.41) is 3.85. The molecule has 1 atom stereocenters. The molecule has 1 N–H and O–H groups in total. The highest BCUT2D eigenvalue weighted by Crippen LogP contribution is 2.26. The van der Waals surface area contributed by atoms with E-state index in [2.05, 4.69) is 5.32 Å². The van der Waals surface area contributed by atoms with Gasteiger partial charge in [-0.05, 0) is 19.9 Å². The molecule has 0 saturated heterocycles. The number of furan rings is 1. The van der Waals surface area contributed by atoms with Gasteiger partial charge in [-0.3, -0.25) is 0 Å². The van der Waals surface area contributed by atoms with Gasteiger partial charge in [-0.2, -0.15) is 13.2 Å². The van der Waals surface area contributed by atoms with Crippen LogP contribution in [0.2, 0.25) is 0 Å². The summed E-state index contributed by atoms with van der Waals surface area (Å²) in [6.45, 7) is 3.73. The van der Waals surface area contributed by atoms with Gasteiger partial charge < -0.3 is 9.73 Å². The van der Waals surface area contributed by atoms with Crippen molar-refractivity contribution in [2.75, 3.05) is 0 Å². The van der Waals surface area contributed by atoms with Crippen LogP contribution in [-0.4, -0.2) is 12.2 Å². The monoisotopic (exact) mass is 271 g/mol. The lowest BCUT2D eigenvalue weighted by Gasteiger charge is -2.15. The Labute approximate surface area is 109 Å². The minimum atomic E-state index is -4.14. The first-order chi connectivity index (χ1) is 8.87. The molecule has 2 nitrogen and oxygen atoms in total. The number of fused-ring (bicyclic) bond motifs is 1. The number of hydrogen-bond acceptors (Lipinski definition) is 2. The topological polar surface area (TPSA) is 25.2 Å². The SMILES string of the molecule is Cc1oc2ccccc2c1CNC(C)CC(F)(F)F. The second-order valence-corrected chi connectivity index (χ2v) is 4.73. The van der Waals surface area contributed by atoms with Gasteiger partial charge in [0.1, 0.15) is 11.3 Å². The van der Waals surface area contributed by atoms with Crippen LogP contribution in [0, 0.1) is 6.92 Å². The fourth-order valence-electron chi connectivity index (χ4n) is 2.14. The molecule has 104 valence electrons. The molecular formula is C14H16F3NO. The van der Waals surface area contributed by atoms with E-state index in [1.165, 1.54) is 6.92 Å². The van der Waals surface area contributed by atoms with E-state index in [-0.39, 0.29) is 0 Å². The van der Waals surface area contributed by atoms with E-state index in [1.807, 2.05) is 31.2 Å². The first kappa shape index (κ1) is 13.9. The summed E-state index contributed by atoms with van der Waals surface area (Å²) in [6.07, 6.45) is -4.97. The fraction of sp³-hybridized carbons (Fsp3) is 0.429. The Kier molecular flexibility index (Phi) is 3.85. The molecule has 2 rings (SSSR count). The van der Waals surface area contributed by atoms with Crippen LogP contribution in [0.1, 0.15) is 24.7 Å². The number of alkyl halides is 3. The zero-order valence-electron chi connectivity index (χ0n) is 10.8. The van der Waals surface area contributed by atoms with Crippen molar-refractivity contribution in [2.45, 2.75) is 39.0 Å². The van der Waals surface area contributed by atoms with Crippen LogP contribution in [0.4, 0.5) is 13.2 Å². The number of para-hydroxylation sites is 1. The Hall–Kier alpha value is -1.49. The minimum Gasteiger partial charge on any atom is -0.461 e. The second kappa shape index (κ2) is 5.25. The Bertz CT molecular complexity index is 559.